The number of carbonyl (C=O) groups is 1. The van der Waals surface area contributed by atoms with E-state index in [1.807, 2.05) is 12.1 Å². The summed E-state index contributed by atoms with van der Waals surface area (Å²) < 4.78 is 13.4. The van der Waals surface area contributed by atoms with Crippen molar-refractivity contribution in [1.29, 1.82) is 0 Å². The number of ether oxygens (including phenoxy) is 2. The van der Waals surface area contributed by atoms with Crippen LogP contribution in [0.1, 0.15) is 65.4 Å². The van der Waals surface area contributed by atoms with Crippen molar-refractivity contribution in [1.82, 2.24) is 9.25 Å². The summed E-state index contributed by atoms with van der Waals surface area (Å²) in [5, 5.41) is 6.07. The SMILES string of the molecule is CCCCCCCn1[nH+]c(NCCc2ccc(OC(C)(C)C(=O)OCC)cc2)c(=O)n(C)c1=O. The predicted molar refractivity (Wildman–Crippen MR) is 131 cm³/mol. The Kier molecular flexibility index (Phi) is 10.3. The molecule has 9 heteroatoms. The van der Waals surface area contributed by atoms with Crippen LogP contribution in [0.4, 0.5) is 5.82 Å². The highest BCUT2D eigenvalue weighted by atomic mass is 16.6. The largest absolute Gasteiger partial charge is 0.476 e. The summed E-state index contributed by atoms with van der Waals surface area (Å²) in [5.41, 5.74) is -0.756. The maximum atomic E-state index is 12.5. The standard InChI is InChI=1S/C25H38N4O5/c1-6-8-9-10-11-18-29-24(32)28(5)22(30)21(27-29)26-17-16-19-12-14-20(15-13-19)34-25(3,4)23(31)33-7-2/h12-15H,6-11,16-18H2,1-5H3,(H,26,27)/p+1. The smallest absolute Gasteiger partial charge is 0.362 e. The van der Waals surface area contributed by atoms with Crippen LogP contribution in [0.3, 0.4) is 0 Å². The Morgan fingerprint density at radius 2 is 1.74 bits per heavy atom. The topological polar surface area (TPSA) is 106 Å². The highest BCUT2D eigenvalue weighted by molar-refractivity contribution is 5.79. The molecule has 188 valence electrons. The van der Waals surface area contributed by atoms with Gasteiger partial charge in [-0.05, 0) is 44.9 Å². The van der Waals surface area contributed by atoms with Crippen molar-refractivity contribution in [2.45, 2.75) is 78.4 Å². The molecule has 2 rings (SSSR count). The summed E-state index contributed by atoms with van der Waals surface area (Å²) in [6, 6.07) is 7.44. The molecule has 0 aliphatic carbocycles. The molecule has 0 saturated heterocycles. The summed E-state index contributed by atoms with van der Waals surface area (Å²) in [4.78, 5) is 36.9. The van der Waals surface area contributed by atoms with E-state index in [4.69, 9.17) is 9.47 Å². The Balaban J connectivity index is 1.95. The number of H-pyrrole nitrogens is 1. The predicted octanol–water partition coefficient (Wildman–Crippen LogP) is 2.71. The molecule has 1 heterocycles. The summed E-state index contributed by atoms with van der Waals surface area (Å²) in [7, 11) is 1.49. The third-order valence-corrected chi connectivity index (χ3v) is 5.55. The molecule has 9 nitrogen and oxygen atoms in total. The molecule has 0 aliphatic heterocycles. The van der Waals surface area contributed by atoms with Gasteiger partial charge in [0.2, 0.25) is 0 Å². The molecular weight excluding hydrogens is 436 g/mol. The number of nitrogens with zero attached hydrogens (tertiary/aromatic N) is 2. The van der Waals surface area contributed by atoms with Gasteiger partial charge in [0.1, 0.15) is 5.75 Å². The van der Waals surface area contributed by atoms with E-state index >= 15 is 0 Å². The zero-order valence-corrected chi connectivity index (χ0v) is 21.1. The number of benzene rings is 1. The van der Waals surface area contributed by atoms with Gasteiger partial charge in [0.05, 0.1) is 19.7 Å². The summed E-state index contributed by atoms with van der Waals surface area (Å²) >= 11 is 0. The minimum absolute atomic E-state index is 0.298. The first-order chi connectivity index (χ1) is 16.2. The molecular formula is C25H39N4O5+. The number of esters is 1. The lowest BCUT2D eigenvalue weighted by atomic mass is 10.1. The summed E-state index contributed by atoms with van der Waals surface area (Å²) in [5.74, 6) is 0.457. The van der Waals surface area contributed by atoms with Gasteiger partial charge in [0.15, 0.2) is 5.60 Å². The van der Waals surface area contributed by atoms with Crippen molar-refractivity contribution in [2.24, 2.45) is 7.05 Å². The van der Waals surface area contributed by atoms with Crippen molar-refractivity contribution >= 4 is 11.8 Å². The van der Waals surface area contributed by atoms with Crippen LogP contribution in [0.25, 0.3) is 0 Å². The van der Waals surface area contributed by atoms with E-state index in [1.54, 1.807) is 32.9 Å². The maximum absolute atomic E-state index is 12.5. The van der Waals surface area contributed by atoms with Gasteiger partial charge in [-0.15, -0.1) is 0 Å². The first-order valence-electron chi connectivity index (χ1n) is 12.1. The summed E-state index contributed by atoms with van der Waals surface area (Å²) in [6.07, 6.45) is 6.10. The van der Waals surface area contributed by atoms with Crippen LogP contribution in [0.15, 0.2) is 33.9 Å². The van der Waals surface area contributed by atoms with Crippen molar-refractivity contribution in [3.8, 4) is 5.75 Å². The molecule has 34 heavy (non-hydrogen) atoms. The van der Waals surface area contributed by atoms with Crippen LogP contribution in [0, 0.1) is 0 Å². The Morgan fingerprint density at radius 3 is 2.38 bits per heavy atom. The van der Waals surface area contributed by atoms with Crippen molar-refractivity contribution in [3.05, 3.63) is 50.7 Å². The van der Waals surface area contributed by atoms with Crippen LogP contribution >= 0.6 is 0 Å². The number of hydrogen-bond acceptors (Lipinski definition) is 6. The number of nitrogens with one attached hydrogen (secondary N) is 2. The van der Waals surface area contributed by atoms with E-state index in [-0.39, 0.29) is 11.2 Å². The highest BCUT2D eigenvalue weighted by Crippen LogP contribution is 2.20. The lowest BCUT2D eigenvalue weighted by molar-refractivity contribution is -0.487. The third kappa shape index (κ3) is 7.74. The second kappa shape index (κ2) is 13.0. The van der Waals surface area contributed by atoms with Crippen LogP contribution in [0.5, 0.6) is 5.75 Å². The molecule has 1 aromatic heterocycles. The first-order valence-corrected chi connectivity index (χ1v) is 12.1. The molecule has 2 aromatic rings. The molecule has 0 atom stereocenters. The molecule has 0 unspecified atom stereocenters. The van der Waals surface area contributed by atoms with Crippen molar-refractivity contribution in [2.75, 3.05) is 18.5 Å². The number of aromatic amines is 1. The quantitative estimate of drug-likeness (QED) is 0.333. The van der Waals surface area contributed by atoms with Gasteiger partial charge in [-0.3, -0.25) is 14.7 Å². The Labute approximate surface area is 201 Å². The second-order valence-corrected chi connectivity index (χ2v) is 8.85. The number of hydrogen-bond donors (Lipinski definition) is 1. The van der Waals surface area contributed by atoms with Gasteiger partial charge in [0, 0.05) is 13.5 Å². The van der Waals surface area contributed by atoms with E-state index < -0.39 is 11.6 Å². The van der Waals surface area contributed by atoms with Crippen LogP contribution in [-0.2, 0) is 29.5 Å². The van der Waals surface area contributed by atoms with Crippen LogP contribution in [-0.4, -0.2) is 34.0 Å². The normalized spacial score (nSPS) is 11.3. The van der Waals surface area contributed by atoms with E-state index in [1.165, 1.54) is 24.6 Å². The van der Waals surface area contributed by atoms with Gasteiger partial charge >= 0.3 is 23.0 Å². The number of anilines is 1. The Hall–Kier alpha value is -3.10. The van der Waals surface area contributed by atoms with Crippen molar-refractivity contribution < 1.29 is 19.4 Å². The summed E-state index contributed by atoms with van der Waals surface area (Å²) in [6.45, 7) is 8.62. The first kappa shape index (κ1) is 27.1. The molecule has 1 aromatic carbocycles. The van der Waals surface area contributed by atoms with E-state index in [0.29, 0.717) is 37.7 Å². The molecule has 0 fully saturated rings. The average Bonchev–Trinajstić information content (AvgIpc) is 2.81. The lowest BCUT2D eigenvalue weighted by Gasteiger charge is -2.24. The zero-order chi connectivity index (χ0) is 25.1. The fourth-order valence-corrected chi connectivity index (χ4v) is 3.50. The minimum Gasteiger partial charge on any atom is -0.476 e. The Morgan fingerprint density at radius 1 is 1.06 bits per heavy atom. The zero-order valence-electron chi connectivity index (χ0n) is 21.1. The number of rotatable bonds is 14. The van der Waals surface area contributed by atoms with Gasteiger partial charge in [-0.2, -0.15) is 9.78 Å². The number of carbonyl (C=O) groups excluding carboxylic acids is 1. The van der Waals surface area contributed by atoms with Gasteiger partial charge < -0.3 is 9.47 Å². The average molecular weight is 476 g/mol. The number of aryl methyl sites for hydroxylation is 1. The third-order valence-electron chi connectivity index (χ3n) is 5.55. The molecule has 0 bridgehead atoms. The lowest BCUT2D eigenvalue weighted by Crippen LogP contribution is -2.49. The molecule has 0 amide bonds. The molecule has 0 spiro atoms. The fourth-order valence-electron chi connectivity index (χ4n) is 3.50. The van der Waals surface area contributed by atoms with E-state index in [2.05, 4.69) is 17.3 Å². The van der Waals surface area contributed by atoms with Crippen LogP contribution in [0.2, 0.25) is 0 Å². The van der Waals surface area contributed by atoms with Crippen LogP contribution < -0.4 is 26.4 Å². The minimum atomic E-state index is -1.08. The van der Waals surface area contributed by atoms with Gasteiger partial charge in [-0.1, -0.05) is 44.7 Å². The van der Waals surface area contributed by atoms with Gasteiger partial charge in [0.25, 0.3) is 0 Å². The maximum Gasteiger partial charge on any atom is 0.362 e. The highest BCUT2D eigenvalue weighted by Gasteiger charge is 2.31. The molecule has 0 radical (unpaired) electrons. The fraction of sp³-hybridized carbons (Fsp3) is 0.600. The molecule has 0 saturated carbocycles. The van der Waals surface area contributed by atoms with E-state index in [9.17, 15) is 14.4 Å². The number of unbranched alkanes of at least 4 members (excludes halogenated alkanes) is 4. The number of aromatic nitrogens is 3. The molecule has 0 aliphatic rings. The monoisotopic (exact) mass is 475 g/mol. The second-order valence-electron chi connectivity index (χ2n) is 8.85. The van der Waals surface area contributed by atoms with Crippen molar-refractivity contribution in [3.63, 3.8) is 0 Å². The van der Waals surface area contributed by atoms with E-state index in [0.717, 1.165) is 29.4 Å². The van der Waals surface area contributed by atoms with Gasteiger partial charge in [-0.25, -0.2) is 9.59 Å². The Bertz CT molecular complexity index is 1040. The molecule has 2 N–H and O–H groups in total.